The second-order valence-corrected chi connectivity index (χ2v) is 6.37. The number of piperazine rings is 1. The minimum Gasteiger partial charge on any atom is -0.495 e. The maximum atomic E-state index is 11.7. The lowest BCUT2D eigenvalue weighted by Gasteiger charge is -2.37. The van der Waals surface area contributed by atoms with Gasteiger partial charge >= 0.3 is 5.97 Å². The molecule has 1 aliphatic heterocycles. The van der Waals surface area contributed by atoms with Gasteiger partial charge in [0.05, 0.1) is 12.8 Å². The first-order valence-electron chi connectivity index (χ1n) is 9.15. The largest absolute Gasteiger partial charge is 0.495 e. The fraction of sp³-hybridized carbons (Fsp3) is 0.381. The van der Waals surface area contributed by atoms with E-state index in [-0.39, 0.29) is 5.97 Å². The average Bonchev–Trinajstić information content (AvgIpc) is 2.68. The highest BCUT2D eigenvalue weighted by Gasteiger charge is 2.20. The van der Waals surface area contributed by atoms with Gasteiger partial charge in [0, 0.05) is 44.4 Å². The number of hydrogen-bond acceptors (Lipinski definition) is 5. The third-order valence-corrected chi connectivity index (χ3v) is 4.57. The van der Waals surface area contributed by atoms with Crippen LogP contribution in [0.5, 0.6) is 11.5 Å². The van der Waals surface area contributed by atoms with Crippen LogP contribution in [0.1, 0.15) is 19.8 Å². The summed E-state index contributed by atoms with van der Waals surface area (Å²) in [4.78, 5) is 16.4. The zero-order chi connectivity index (χ0) is 18.4. The number of hydrogen-bond donors (Lipinski definition) is 0. The number of para-hydroxylation sites is 2. The highest BCUT2D eigenvalue weighted by Crippen LogP contribution is 2.30. The number of benzene rings is 2. The predicted octanol–water partition coefficient (Wildman–Crippen LogP) is 3.73. The quantitative estimate of drug-likeness (QED) is 0.584. The second-order valence-electron chi connectivity index (χ2n) is 6.37. The van der Waals surface area contributed by atoms with Crippen LogP contribution in [0.25, 0.3) is 0 Å². The molecule has 1 aliphatic rings. The molecule has 0 unspecified atom stereocenters. The topological polar surface area (TPSA) is 42.0 Å². The Morgan fingerprint density at radius 1 is 1.00 bits per heavy atom. The van der Waals surface area contributed by atoms with Crippen molar-refractivity contribution < 1.29 is 14.3 Å². The molecule has 0 saturated carbocycles. The van der Waals surface area contributed by atoms with E-state index in [2.05, 4.69) is 21.9 Å². The van der Waals surface area contributed by atoms with Crippen molar-refractivity contribution in [3.05, 3.63) is 48.5 Å². The smallest absolute Gasteiger partial charge is 0.311 e. The molecule has 0 spiro atoms. The highest BCUT2D eigenvalue weighted by molar-refractivity contribution is 5.72. The number of carbonyl (C=O) groups excluding carboxylic acids is 1. The summed E-state index contributed by atoms with van der Waals surface area (Å²) in [5.41, 5.74) is 2.23. The number of carbonyl (C=O) groups is 1. The Balaban J connectivity index is 1.64. The van der Waals surface area contributed by atoms with E-state index >= 15 is 0 Å². The molecule has 5 nitrogen and oxygen atoms in total. The SMILES string of the molecule is CCCC(=O)Oc1cccc(N2CCN(c3ccccc3OC)CC2)c1. The van der Waals surface area contributed by atoms with Gasteiger partial charge in [-0.2, -0.15) is 0 Å². The van der Waals surface area contributed by atoms with Gasteiger partial charge in [0.2, 0.25) is 0 Å². The van der Waals surface area contributed by atoms with E-state index in [1.807, 2.05) is 43.3 Å². The molecule has 0 amide bonds. The summed E-state index contributed by atoms with van der Waals surface area (Å²) in [6.45, 7) is 5.62. The normalized spacial score (nSPS) is 14.2. The first-order chi connectivity index (χ1) is 12.7. The number of esters is 1. The van der Waals surface area contributed by atoms with E-state index in [1.165, 1.54) is 0 Å². The maximum Gasteiger partial charge on any atom is 0.311 e. The number of methoxy groups -OCH3 is 1. The van der Waals surface area contributed by atoms with Crippen molar-refractivity contribution in [3.8, 4) is 11.5 Å². The van der Waals surface area contributed by atoms with Crippen LogP contribution in [0, 0.1) is 0 Å². The average molecular weight is 354 g/mol. The minimum atomic E-state index is -0.175. The Morgan fingerprint density at radius 2 is 1.73 bits per heavy atom. The Kier molecular flexibility index (Phi) is 6.00. The monoisotopic (exact) mass is 354 g/mol. The molecule has 0 aliphatic carbocycles. The second kappa shape index (κ2) is 8.61. The summed E-state index contributed by atoms with van der Waals surface area (Å²) in [5.74, 6) is 1.35. The van der Waals surface area contributed by atoms with Crippen LogP contribution in [0.15, 0.2) is 48.5 Å². The van der Waals surface area contributed by atoms with E-state index < -0.39 is 0 Å². The van der Waals surface area contributed by atoms with E-state index in [9.17, 15) is 4.79 Å². The van der Waals surface area contributed by atoms with Crippen molar-refractivity contribution in [2.45, 2.75) is 19.8 Å². The third-order valence-electron chi connectivity index (χ3n) is 4.57. The van der Waals surface area contributed by atoms with Gasteiger partial charge in [-0.1, -0.05) is 25.1 Å². The number of rotatable bonds is 6. The molecule has 0 aromatic heterocycles. The standard InChI is InChI=1S/C21H26N2O3/c1-3-7-21(24)26-18-9-6-8-17(16-18)22-12-14-23(15-13-22)19-10-4-5-11-20(19)25-2/h4-6,8-11,16H,3,7,12-15H2,1-2H3. The molecule has 2 aromatic carbocycles. The van der Waals surface area contributed by atoms with E-state index in [4.69, 9.17) is 9.47 Å². The highest BCUT2D eigenvalue weighted by atomic mass is 16.5. The fourth-order valence-corrected chi connectivity index (χ4v) is 3.23. The molecular formula is C21H26N2O3. The van der Waals surface area contributed by atoms with Gasteiger partial charge < -0.3 is 19.3 Å². The van der Waals surface area contributed by atoms with E-state index in [1.54, 1.807) is 7.11 Å². The summed E-state index contributed by atoms with van der Waals surface area (Å²) in [5, 5.41) is 0. The zero-order valence-corrected chi connectivity index (χ0v) is 15.5. The van der Waals surface area contributed by atoms with Crippen LogP contribution < -0.4 is 19.3 Å². The molecule has 138 valence electrons. The van der Waals surface area contributed by atoms with Gasteiger partial charge in [-0.15, -0.1) is 0 Å². The van der Waals surface area contributed by atoms with Crippen LogP contribution in [-0.2, 0) is 4.79 Å². The fourth-order valence-electron chi connectivity index (χ4n) is 3.23. The lowest BCUT2D eigenvalue weighted by atomic mass is 10.2. The van der Waals surface area contributed by atoms with E-state index in [0.717, 1.165) is 49.7 Å². The third kappa shape index (κ3) is 4.28. The lowest BCUT2D eigenvalue weighted by molar-refractivity contribution is -0.134. The van der Waals surface area contributed by atoms with Crippen molar-refractivity contribution in [2.24, 2.45) is 0 Å². The molecule has 3 rings (SSSR count). The number of anilines is 2. The van der Waals surface area contributed by atoms with Crippen LogP contribution >= 0.6 is 0 Å². The van der Waals surface area contributed by atoms with Crippen molar-refractivity contribution in [1.29, 1.82) is 0 Å². The number of ether oxygens (including phenoxy) is 2. The first kappa shape index (κ1) is 18.1. The molecule has 0 N–H and O–H groups in total. The molecule has 2 aromatic rings. The van der Waals surface area contributed by atoms with Gasteiger partial charge in [-0.25, -0.2) is 0 Å². The summed E-state index contributed by atoms with van der Waals surface area (Å²) < 4.78 is 10.9. The molecule has 5 heteroatoms. The molecule has 0 atom stereocenters. The molecule has 0 radical (unpaired) electrons. The summed E-state index contributed by atoms with van der Waals surface area (Å²) in [6, 6.07) is 15.9. The van der Waals surface area contributed by atoms with Crippen LogP contribution in [0.4, 0.5) is 11.4 Å². The Bertz CT molecular complexity index is 740. The van der Waals surface area contributed by atoms with Crippen LogP contribution in [0.3, 0.4) is 0 Å². The minimum absolute atomic E-state index is 0.175. The molecule has 1 saturated heterocycles. The molecule has 1 heterocycles. The summed E-state index contributed by atoms with van der Waals surface area (Å²) >= 11 is 0. The Hall–Kier alpha value is -2.69. The van der Waals surface area contributed by atoms with Crippen LogP contribution in [-0.4, -0.2) is 39.3 Å². The zero-order valence-electron chi connectivity index (χ0n) is 15.5. The van der Waals surface area contributed by atoms with Gasteiger partial charge in [-0.3, -0.25) is 4.79 Å². The van der Waals surface area contributed by atoms with Gasteiger partial charge in [0.25, 0.3) is 0 Å². The summed E-state index contributed by atoms with van der Waals surface area (Å²) in [7, 11) is 1.71. The number of nitrogens with zero attached hydrogens (tertiary/aromatic N) is 2. The van der Waals surface area contributed by atoms with Crippen molar-refractivity contribution in [2.75, 3.05) is 43.1 Å². The molecule has 26 heavy (non-hydrogen) atoms. The van der Waals surface area contributed by atoms with Crippen LogP contribution in [0.2, 0.25) is 0 Å². The predicted molar refractivity (Wildman–Crippen MR) is 104 cm³/mol. The first-order valence-corrected chi connectivity index (χ1v) is 9.15. The van der Waals surface area contributed by atoms with Gasteiger partial charge in [0.1, 0.15) is 11.5 Å². The van der Waals surface area contributed by atoms with Gasteiger partial charge in [-0.05, 0) is 30.7 Å². The summed E-state index contributed by atoms with van der Waals surface area (Å²) in [6.07, 6.45) is 1.24. The maximum absolute atomic E-state index is 11.7. The molecular weight excluding hydrogens is 328 g/mol. The Morgan fingerprint density at radius 3 is 2.46 bits per heavy atom. The molecule has 1 fully saturated rings. The lowest BCUT2D eigenvalue weighted by Crippen LogP contribution is -2.46. The van der Waals surface area contributed by atoms with Crippen molar-refractivity contribution in [3.63, 3.8) is 0 Å². The van der Waals surface area contributed by atoms with E-state index in [0.29, 0.717) is 12.2 Å². The Labute approximate surface area is 155 Å². The van der Waals surface area contributed by atoms with Gasteiger partial charge in [0.15, 0.2) is 0 Å². The molecule has 0 bridgehead atoms. The van der Waals surface area contributed by atoms with Crippen molar-refractivity contribution >= 4 is 17.3 Å². The van der Waals surface area contributed by atoms with Crippen molar-refractivity contribution in [1.82, 2.24) is 0 Å².